The third kappa shape index (κ3) is 3.46. The summed E-state index contributed by atoms with van der Waals surface area (Å²) in [5.41, 5.74) is 1.75. The minimum absolute atomic E-state index is 0.0707. The molecule has 0 aliphatic heterocycles. The smallest absolute Gasteiger partial charge is 0.220 e. The number of benzene rings is 1. The van der Waals surface area contributed by atoms with E-state index in [4.69, 9.17) is 4.74 Å². The van der Waals surface area contributed by atoms with Crippen LogP contribution in [-0.4, -0.2) is 13.0 Å². The number of ether oxygens (including phenoxy) is 1. The number of carbonyl (C=O) groups excluding carboxylic acids is 1. The summed E-state index contributed by atoms with van der Waals surface area (Å²) in [4.78, 5) is 10.8. The number of amides is 1. The molecule has 3 nitrogen and oxygen atoms in total. The first-order valence-electron chi connectivity index (χ1n) is 4.72. The first-order valence-corrected chi connectivity index (χ1v) is 4.72. The molecule has 0 aliphatic carbocycles. The normalized spacial score (nSPS) is 11.0. The van der Waals surface area contributed by atoms with Crippen LogP contribution in [0.1, 0.15) is 19.4 Å². The Morgan fingerprint density at radius 3 is 2.60 bits per heavy atom. The standard InChI is InChI=1S/C12H15NO2/c1-9(13-10(2)14)8-11-6-4-5-7-12(11)15-3/h4-8H,1-3H3,(H,13,14)/b9-8+. The Bertz CT molecular complexity index is 383. The Morgan fingerprint density at radius 1 is 1.33 bits per heavy atom. The highest BCUT2D eigenvalue weighted by molar-refractivity contribution is 5.76. The van der Waals surface area contributed by atoms with E-state index >= 15 is 0 Å². The van der Waals surface area contributed by atoms with Gasteiger partial charge in [-0.2, -0.15) is 0 Å². The molecule has 0 unspecified atom stereocenters. The summed E-state index contributed by atoms with van der Waals surface area (Å²) in [6.45, 7) is 3.33. The van der Waals surface area contributed by atoms with Gasteiger partial charge in [0.05, 0.1) is 7.11 Å². The second kappa shape index (κ2) is 5.20. The van der Waals surface area contributed by atoms with Gasteiger partial charge in [0, 0.05) is 18.2 Å². The highest BCUT2D eigenvalue weighted by Crippen LogP contribution is 2.19. The van der Waals surface area contributed by atoms with Crippen molar-refractivity contribution in [2.45, 2.75) is 13.8 Å². The van der Waals surface area contributed by atoms with Crippen molar-refractivity contribution >= 4 is 12.0 Å². The molecule has 0 aromatic heterocycles. The van der Waals surface area contributed by atoms with Gasteiger partial charge in [-0.1, -0.05) is 18.2 Å². The predicted octanol–water partition coefficient (Wildman–Crippen LogP) is 2.19. The highest BCUT2D eigenvalue weighted by atomic mass is 16.5. The maximum Gasteiger partial charge on any atom is 0.220 e. The highest BCUT2D eigenvalue weighted by Gasteiger charge is 1.99. The lowest BCUT2D eigenvalue weighted by Crippen LogP contribution is -2.16. The van der Waals surface area contributed by atoms with Crippen LogP contribution in [0.3, 0.4) is 0 Å². The lowest BCUT2D eigenvalue weighted by Gasteiger charge is -2.06. The number of methoxy groups -OCH3 is 1. The largest absolute Gasteiger partial charge is 0.496 e. The molecule has 0 aliphatic rings. The van der Waals surface area contributed by atoms with E-state index in [-0.39, 0.29) is 5.91 Å². The van der Waals surface area contributed by atoms with Gasteiger partial charge in [0.2, 0.25) is 5.91 Å². The van der Waals surface area contributed by atoms with E-state index in [9.17, 15) is 4.79 Å². The summed E-state index contributed by atoms with van der Waals surface area (Å²) in [7, 11) is 1.63. The molecular weight excluding hydrogens is 190 g/mol. The Balaban J connectivity index is 2.91. The second-order valence-corrected chi connectivity index (χ2v) is 3.25. The van der Waals surface area contributed by atoms with Gasteiger partial charge in [-0.05, 0) is 19.1 Å². The molecule has 1 N–H and O–H groups in total. The maximum absolute atomic E-state index is 10.8. The Hall–Kier alpha value is -1.77. The molecule has 80 valence electrons. The van der Waals surface area contributed by atoms with Crippen LogP contribution in [0.25, 0.3) is 6.08 Å². The van der Waals surface area contributed by atoms with E-state index in [0.29, 0.717) is 0 Å². The average Bonchev–Trinajstić information content (AvgIpc) is 2.17. The van der Waals surface area contributed by atoms with Crippen LogP contribution in [0.5, 0.6) is 5.75 Å². The summed E-state index contributed by atoms with van der Waals surface area (Å²) in [5, 5.41) is 2.71. The number of hydrogen-bond acceptors (Lipinski definition) is 2. The molecule has 0 spiro atoms. The Morgan fingerprint density at radius 2 is 2.00 bits per heavy atom. The van der Waals surface area contributed by atoms with Crippen LogP contribution in [0.15, 0.2) is 30.0 Å². The number of para-hydroxylation sites is 1. The third-order valence-electron chi connectivity index (χ3n) is 1.88. The van der Waals surface area contributed by atoms with Crippen LogP contribution < -0.4 is 10.1 Å². The second-order valence-electron chi connectivity index (χ2n) is 3.25. The van der Waals surface area contributed by atoms with Gasteiger partial charge in [0.1, 0.15) is 5.75 Å². The molecule has 1 aromatic carbocycles. The number of rotatable bonds is 3. The fourth-order valence-corrected chi connectivity index (χ4v) is 1.33. The van der Waals surface area contributed by atoms with Gasteiger partial charge >= 0.3 is 0 Å². The summed E-state index contributed by atoms with van der Waals surface area (Å²) >= 11 is 0. The fourth-order valence-electron chi connectivity index (χ4n) is 1.33. The minimum Gasteiger partial charge on any atom is -0.496 e. The van der Waals surface area contributed by atoms with Crippen molar-refractivity contribution < 1.29 is 9.53 Å². The number of carbonyl (C=O) groups is 1. The molecule has 0 heterocycles. The summed E-state index contributed by atoms with van der Waals surface area (Å²) < 4.78 is 5.19. The molecule has 0 bridgehead atoms. The summed E-state index contributed by atoms with van der Waals surface area (Å²) in [5.74, 6) is 0.723. The average molecular weight is 205 g/mol. The van der Waals surface area contributed by atoms with Crippen molar-refractivity contribution in [1.29, 1.82) is 0 Å². The van der Waals surface area contributed by atoms with Crippen LogP contribution in [0.4, 0.5) is 0 Å². The van der Waals surface area contributed by atoms with Crippen molar-refractivity contribution in [2.75, 3.05) is 7.11 Å². The SMILES string of the molecule is COc1ccccc1/C=C(\C)NC(C)=O. The topological polar surface area (TPSA) is 38.3 Å². The first-order chi connectivity index (χ1) is 7.13. The third-order valence-corrected chi connectivity index (χ3v) is 1.88. The Labute approximate surface area is 89.8 Å². The molecule has 15 heavy (non-hydrogen) atoms. The summed E-state index contributed by atoms with van der Waals surface area (Å²) in [6, 6.07) is 7.65. The quantitative estimate of drug-likeness (QED) is 0.821. The number of allylic oxidation sites excluding steroid dienone is 1. The molecule has 3 heteroatoms. The minimum atomic E-state index is -0.0707. The van der Waals surface area contributed by atoms with Gasteiger partial charge in [0.15, 0.2) is 0 Å². The summed E-state index contributed by atoms with van der Waals surface area (Å²) in [6.07, 6.45) is 1.88. The van der Waals surface area contributed by atoms with Gasteiger partial charge in [-0.15, -0.1) is 0 Å². The molecule has 1 rings (SSSR count). The number of nitrogens with one attached hydrogen (secondary N) is 1. The van der Waals surface area contributed by atoms with Crippen LogP contribution in [0, 0.1) is 0 Å². The van der Waals surface area contributed by atoms with E-state index in [2.05, 4.69) is 5.32 Å². The number of hydrogen-bond donors (Lipinski definition) is 1. The van der Waals surface area contributed by atoms with Crippen molar-refractivity contribution in [3.8, 4) is 5.75 Å². The van der Waals surface area contributed by atoms with Crippen molar-refractivity contribution in [1.82, 2.24) is 5.32 Å². The van der Waals surface area contributed by atoms with Crippen molar-refractivity contribution in [2.24, 2.45) is 0 Å². The fraction of sp³-hybridized carbons (Fsp3) is 0.250. The zero-order chi connectivity index (χ0) is 11.3. The lowest BCUT2D eigenvalue weighted by atomic mass is 10.1. The zero-order valence-corrected chi connectivity index (χ0v) is 9.20. The van der Waals surface area contributed by atoms with Crippen LogP contribution in [0.2, 0.25) is 0 Å². The van der Waals surface area contributed by atoms with Gasteiger partial charge in [-0.3, -0.25) is 4.79 Å². The molecule has 0 atom stereocenters. The van der Waals surface area contributed by atoms with E-state index in [0.717, 1.165) is 17.0 Å². The van der Waals surface area contributed by atoms with E-state index in [1.54, 1.807) is 7.11 Å². The van der Waals surface area contributed by atoms with Crippen LogP contribution in [-0.2, 0) is 4.79 Å². The first kappa shape index (κ1) is 11.3. The zero-order valence-electron chi connectivity index (χ0n) is 9.20. The molecular formula is C12H15NO2. The molecule has 0 saturated heterocycles. The lowest BCUT2D eigenvalue weighted by molar-refractivity contribution is -0.118. The molecule has 0 saturated carbocycles. The van der Waals surface area contributed by atoms with E-state index < -0.39 is 0 Å². The monoisotopic (exact) mass is 205 g/mol. The van der Waals surface area contributed by atoms with Gasteiger partial charge < -0.3 is 10.1 Å². The van der Waals surface area contributed by atoms with Gasteiger partial charge in [-0.25, -0.2) is 0 Å². The van der Waals surface area contributed by atoms with E-state index in [1.165, 1.54) is 6.92 Å². The molecule has 0 radical (unpaired) electrons. The van der Waals surface area contributed by atoms with Crippen LogP contribution >= 0.6 is 0 Å². The molecule has 1 aromatic rings. The maximum atomic E-state index is 10.8. The molecule has 1 amide bonds. The predicted molar refractivity (Wildman–Crippen MR) is 60.5 cm³/mol. The molecule has 0 fully saturated rings. The van der Waals surface area contributed by atoms with E-state index in [1.807, 2.05) is 37.3 Å². The van der Waals surface area contributed by atoms with Crippen molar-refractivity contribution in [3.05, 3.63) is 35.5 Å². The van der Waals surface area contributed by atoms with Gasteiger partial charge in [0.25, 0.3) is 0 Å². The Kier molecular flexibility index (Phi) is 3.92. The van der Waals surface area contributed by atoms with Crippen molar-refractivity contribution in [3.63, 3.8) is 0 Å².